The second-order valence-electron chi connectivity index (χ2n) is 7.00. The highest BCUT2D eigenvalue weighted by Crippen LogP contribution is 2.13. The minimum Gasteiger partial charge on any atom is -0.389 e. The van der Waals surface area contributed by atoms with Crippen molar-refractivity contribution < 1.29 is 23.1 Å². The Hall–Kier alpha value is -1.93. The maximum atomic E-state index is 12.4. The first-order valence-corrected chi connectivity index (χ1v) is 10.4. The van der Waals surface area contributed by atoms with E-state index in [9.17, 15) is 23.1 Å². The molecule has 0 aromatic heterocycles. The van der Waals surface area contributed by atoms with Gasteiger partial charge in [0, 0.05) is 26.1 Å². The van der Waals surface area contributed by atoms with Crippen LogP contribution in [0.15, 0.2) is 35.2 Å². The molecule has 0 spiro atoms. The second-order valence-corrected chi connectivity index (χ2v) is 9.11. The van der Waals surface area contributed by atoms with E-state index >= 15 is 0 Å². The molecule has 1 aliphatic rings. The van der Waals surface area contributed by atoms with Crippen molar-refractivity contribution in [1.29, 1.82) is 0 Å². The zero-order valence-electron chi connectivity index (χ0n) is 15.2. The van der Waals surface area contributed by atoms with Gasteiger partial charge >= 0.3 is 0 Å². The molecule has 144 valence electrons. The largest absolute Gasteiger partial charge is 0.389 e. The number of β-amino-alcohol motifs (C(OH)–C–C–N with tert-alkyl or cyclic N) is 1. The zero-order valence-corrected chi connectivity index (χ0v) is 16.0. The van der Waals surface area contributed by atoms with Crippen LogP contribution in [0, 0.1) is 5.92 Å². The third-order valence-electron chi connectivity index (χ3n) is 4.17. The molecular formula is C18H26N2O5S. The van der Waals surface area contributed by atoms with E-state index in [1.807, 2.05) is 13.8 Å². The summed E-state index contributed by atoms with van der Waals surface area (Å²) in [4.78, 5) is 27.7. The van der Waals surface area contributed by atoms with Crippen LogP contribution in [0.4, 0.5) is 0 Å². The highest BCUT2D eigenvalue weighted by molar-refractivity contribution is 7.91. The summed E-state index contributed by atoms with van der Waals surface area (Å²) in [6.07, 6.45) is -1.06. The van der Waals surface area contributed by atoms with E-state index in [1.54, 1.807) is 23.1 Å². The number of aliphatic hydroxyl groups excluding tert-OH is 1. The lowest BCUT2D eigenvalue weighted by atomic mass is 10.2. The number of rotatable bonds is 6. The van der Waals surface area contributed by atoms with Gasteiger partial charge in [-0.15, -0.1) is 0 Å². The van der Waals surface area contributed by atoms with Crippen molar-refractivity contribution in [2.24, 2.45) is 5.92 Å². The van der Waals surface area contributed by atoms with Gasteiger partial charge in [0.15, 0.2) is 9.84 Å². The molecule has 0 bridgehead atoms. The number of aliphatic hydroxyl groups is 1. The topological polar surface area (TPSA) is 95.0 Å². The molecule has 1 aromatic rings. The molecule has 0 radical (unpaired) electrons. The summed E-state index contributed by atoms with van der Waals surface area (Å²) >= 11 is 0. The molecule has 26 heavy (non-hydrogen) atoms. The monoisotopic (exact) mass is 382 g/mol. The Bertz CT molecular complexity index is 733. The summed E-state index contributed by atoms with van der Waals surface area (Å²) in [5.74, 6) is -0.742. The predicted octanol–water partition coefficient (Wildman–Crippen LogP) is 0.538. The van der Waals surface area contributed by atoms with E-state index in [0.717, 1.165) is 0 Å². The molecule has 8 heteroatoms. The Morgan fingerprint density at radius 2 is 1.88 bits per heavy atom. The van der Waals surface area contributed by atoms with Crippen LogP contribution in [-0.4, -0.2) is 73.2 Å². The van der Waals surface area contributed by atoms with Gasteiger partial charge in [-0.25, -0.2) is 8.42 Å². The van der Waals surface area contributed by atoms with Gasteiger partial charge < -0.3 is 14.9 Å². The van der Waals surface area contributed by atoms with Crippen molar-refractivity contribution in [2.45, 2.75) is 31.3 Å². The smallest absolute Gasteiger partial charge is 0.242 e. The maximum absolute atomic E-state index is 12.4. The third kappa shape index (κ3) is 5.54. The van der Waals surface area contributed by atoms with E-state index in [4.69, 9.17) is 0 Å². The van der Waals surface area contributed by atoms with Crippen molar-refractivity contribution >= 4 is 21.7 Å². The summed E-state index contributed by atoms with van der Waals surface area (Å²) in [6, 6.07) is 7.95. The van der Waals surface area contributed by atoms with E-state index in [0.29, 0.717) is 6.54 Å². The number of hydrogen-bond donors (Lipinski definition) is 1. The molecule has 1 aromatic carbocycles. The first-order chi connectivity index (χ1) is 12.2. The summed E-state index contributed by atoms with van der Waals surface area (Å²) < 4.78 is 24.6. The Balaban J connectivity index is 1.99. The van der Waals surface area contributed by atoms with Crippen molar-refractivity contribution in [3.8, 4) is 0 Å². The van der Waals surface area contributed by atoms with Gasteiger partial charge in [0.2, 0.25) is 11.8 Å². The Kier molecular flexibility index (Phi) is 6.77. The van der Waals surface area contributed by atoms with Crippen LogP contribution < -0.4 is 0 Å². The molecule has 0 aliphatic carbocycles. The van der Waals surface area contributed by atoms with Crippen molar-refractivity contribution in [1.82, 2.24) is 9.80 Å². The van der Waals surface area contributed by atoms with Crippen LogP contribution in [0.25, 0.3) is 0 Å². The fraction of sp³-hybridized carbons (Fsp3) is 0.556. The Morgan fingerprint density at radius 1 is 1.23 bits per heavy atom. The van der Waals surface area contributed by atoms with Gasteiger partial charge in [-0.05, 0) is 18.1 Å². The lowest BCUT2D eigenvalue weighted by molar-refractivity contribution is -0.138. The lowest BCUT2D eigenvalue weighted by Crippen LogP contribution is -2.41. The van der Waals surface area contributed by atoms with Gasteiger partial charge in [-0.1, -0.05) is 32.0 Å². The van der Waals surface area contributed by atoms with Crippen LogP contribution in [0.5, 0.6) is 0 Å². The summed E-state index contributed by atoms with van der Waals surface area (Å²) in [5, 5.41) is 10.1. The minimum absolute atomic E-state index is 0.0323. The molecule has 1 aliphatic heterocycles. The normalized spacial score (nSPS) is 18.9. The third-order valence-corrected chi connectivity index (χ3v) is 5.90. The van der Waals surface area contributed by atoms with Crippen molar-refractivity contribution in [3.63, 3.8) is 0 Å². The molecule has 1 N–H and O–H groups in total. The number of nitrogens with zero attached hydrogens (tertiary/aromatic N) is 2. The molecule has 1 atom stereocenters. The second kappa shape index (κ2) is 8.64. The number of amides is 2. The molecule has 1 heterocycles. The fourth-order valence-electron chi connectivity index (χ4n) is 2.93. The van der Waals surface area contributed by atoms with Crippen molar-refractivity contribution in [3.05, 3.63) is 30.3 Å². The number of hydrogen-bond acceptors (Lipinski definition) is 5. The van der Waals surface area contributed by atoms with E-state index in [1.165, 1.54) is 17.0 Å². The Labute approximate surface area is 154 Å². The maximum Gasteiger partial charge on any atom is 0.242 e. The minimum atomic E-state index is -3.56. The predicted molar refractivity (Wildman–Crippen MR) is 97.1 cm³/mol. The SMILES string of the molecule is CC(C)CN1CC(O)CN(C(=O)CCS(=O)(=O)c2ccccc2)CC1=O. The highest BCUT2D eigenvalue weighted by atomic mass is 32.2. The average Bonchev–Trinajstić information content (AvgIpc) is 2.72. The molecule has 2 rings (SSSR count). The molecular weight excluding hydrogens is 356 g/mol. The van der Waals surface area contributed by atoms with E-state index in [2.05, 4.69) is 0 Å². The highest BCUT2D eigenvalue weighted by Gasteiger charge is 2.30. The standard InChI is InChI=1S/C18H26N2O5S/c1-14(2)10-19-11-15(21)12-20(13-18(19)23)17(22)8-9-26(24,25)16-6-4-3-5-7-16/h3-7,14-15,21H,8-13H2,1-2H3. The molecule has 1 fully saturated rings. The van der Waals surface area contributed by atoms with Crippen molar-refractivity contribution in [2.75, 3.05) is 31.9 Å². The number of sulfone groups is 1. The average molecular weight is 382 g/mol. The van der Waals surface area contributed by atoms with Crippen LogP contribution in [0.3, 0.4) is 0 Å². The van der Waals surface area contributed by atoms with Gasteiger partial charge in [0.1, 0.15) is 0 Å². The summed E-state index contributed by atoms with van der Waals surface area (Å²) in [7, 11) is -3.56. The van der Waals surface area contributed by atoms with Gasteiger partial charge in [-0.3, -0.25) is 9.59 Å². The fourth-order valence-corrected chi connectivity index (χ4v) is 4.18. The van der Waals surface area contributed by atoms with Crippen LogP contribution in [-0.2, 0) is 19.4 Å². The molecule has 1 saturated heterocycles. The summed E-state index contributed by atoms with van der Waals surface area (Å²) in [5.41, 5.74) is 0. The quantitative estimate of drug-likeness (QED) is 0.775. The van der Waals surface area contributed by atoms with E-state index in [-0.39, 0.29) is 48.5 Å². The molecule has 0 saturated carbocycles. The number of carbonyl (C=O) groups is 2. The lowest BCUT2D eigenvalue weighted by Gasteiger charge is -2.23. The van der Waals surface area contributed by atoms with Gasteiger partial charge in [0.25, 0.3) is 0 Å². The van der Waals surface area contributed by atoms with Gasteiger partial charge in [0.05, 0.1) is 23.3 Å². The zero-order chi connectivity index (χ0) is 19.3. The molecule has 1 unspecified atom stereocenters. The van der Waals surface area contributed by atoms with Crippen LogP contribution in [0.1, 0.15) is 20.3 Å². The Morgan fingerprint density at radius 3 is 2.50 bits per heavy atom. The summed E-state index contributed by atoms with van der Waals surface area (Å²) in [6.45, 7) is 4.55. The first-order valence-electron chi connectivity index (χ1n) is 8.70. The molecule has 2 amide bonds. The van der Waals surface area contributed by atoms with E-state index < -0.39 is 21.8 Å². The molecule has 7 nitrogen and oxygen atoms in total. The number of benzene rings is 1. The van der Waals surface area contributed by atoms with Crippen LogP contribution in [0.2, 0.25) is 0 Å². The number of carbonyl (C=O) groups excluding carboxylic acids is 2. The van der Waals surface area contributed by atoms with Crippen LogP contribution >= 0.6 is 0 Å². The van der Waals surface area contributed by atoms with Gasteiger partial charge in [-0.2, -0.15) is 0 Å². The first kappa shape index (κ1) is 20.4.